The van der Waals surface area contributed by atoms with E-state index in [1.807, 2.05) is 11.9 Å². The highest BCUT2D eigenvalue weighted by atomic mass is 16.5. The predicted octanol–water partition coefficient (Wildman–Crippen LogP) is -0.0809. The van der Waals surface area contributed by atoms with Crippen molar-refractivity contribution in [2.45, 2.75) is 25.4 Å². The first-order valence-electron chi connectivity index (χ1n) is 7.04. The molecule has 0 bridgehead atoms. The molecule has 2 fully saturated rings. The molecule has 104 valence electrons. The monoisotopic (exact) mass is 255 g/mol. The maximum Gasteiger partial charge on any atom is 0.236 e. The molecule has 1 atom stereocenters. The van der Waals surface area contributed by atoms with E-state index in [4.69, 9.17) is 4.74 Å². The summed E-state index contributed by atoms with van der Waals surface area (Å²) in [6.45, 7) is 5.82. The average Bonchev–Trinajstić information content (AvgIpc) is 2.40. The molecule has 1 unspecified atom stereocenters. The number of nitrogens with zero attached hydrogens (tertiary/aromatic N) is 2. The number of ether oxygens (including phenoxy) is 1. The van der Waals surface area contributed by atoms with Gasteiger partial charge in [0.2, 0.25) is 5.91 Å². The molecular formula is C13H25N3O2. The number of rotatable bonds is 4. The second-order valence-corrected chi connectivity index (χ2v) is 5.34. The van der Waals surface area contributed by atoms with Crippen molar-refractivity contribution >= 4 is 5.91 Å². The molecule has 1 N–H and O–H groups in total. The van der Waals surface area contributed by atoms with Gasteiger partial charge in [-0.15, -0.1) is 0 Å². The van der Waals surface area contributed by atoms with Gasteiger partial charge in [0.25, 0.3) is 0 Å². The molecule has 2 aliphatic rings. The van der Waals surface area contributed by atoms with Crippen LogP contribution in [0.4, 0.5) is 0 Å². The van der Waals surface area contributed by atoms with Gasteiger partial charge in [-0.05, 0) is 26.3 Å². The van der Waals surface area contributed by atoms with Crippen LogP contribution in [-0.2, 0) is 9.53 Å². The van der Waals surface area contributed by atoms with Crippen molar-refractivity contribution in [2.75, 3.05) is 52.9 Å². The number of hydrogen-bond donors (Lipinski definition) is 1. The lowest BCUT2D eigenvalue weighted by molar-refractivity contribution is -0.133. The van der Waals surface area contributed by atoms with Crippen molar-refractivity contribution < 1.29 is 9.53 Å². The molecule has 0 saturated carbocycles. The van der Waals surface area contributed by atoms with Gasteiger partial charge in [0, 0.05) is 32.7 Å². The van der Waals surface area contributed by atoms with Crippen LogP contribution in [-0.4, -0.2) is 74.7 Å². The molecule has 2 rings (SSSR count). The van der Waals surface area contributed by atoms with E-state index < -0.39 is 0 Å². The molecule has 5 nitrogen and oxygen atoms in total. The average molecular weight is 255 g/mol. The number of amides is 1. The quantitative estimate of drug-likeness (QED) is 0.763. The van der Waals surface area contributed by atoms with Gasteiger partial charge in [0.15, 0.2) is 0 Å². The van der Waals surface area contributed by atoms with Crippen LogP contribution in [0.25, 0.3) is 0 Å². The van der Waals surface area contributed by atoms with Crippen molar-refractivity contribution in [3.63, 3.8) is 0 Å². The highest BCUT2D eigenvalue weighted by molar-refractivity contribution is 5.78. The van der Waals surface area contributed by atoms with Crippen LogP contribution in [0.2, 0.25) is 0 Å². The van der Waals surface area contributed by atoms with E-state index in [1.165, 1.54) is 6.42 Å². The van der Waals surface area contributed by atoms with Gasteiger partial charge in [0.05, 0.1) is 19.3 Å². The summed E-state index contributed by atoms with van der Waals surface area (Å²) in [5.41, 5.74) is 0. The third-order valence-corrected chi connectivity index (χ3v) is 3.63. The zero-order valence-electron chi connectivity index (χ0n) is 11.4. The summed E-state index contributed by atoms with van der Waals surface area (Å²) in [6, 6.07) is 0. The van der Waals surface area contributed by atoms with Crippen molar-refractivity contribution in [3.05, 3.63) is 0 Å². The fourth-order valence-electron chi connectivity index (χ4n) is 2.62. The summed E-state index contributed by atoms with van der Waals surface area (Å²) in [5.74, 6) is 0.265. The number of piperidine rings is 1. The zero-order valence-corrected chi connectivity index (χ0v) is 11.4. The predicted molar refractivity (Wildman–Crippen MR) is 70.5 cm³/mol. The number of morpholine rings is 1. The van der Waals surface area contributed by atoms with Crippen molar-refractivity contribution in [1.82, 2.24) is 15.1 Å². The minimum absolute atomic E-state index is 0.220. The second-order valence-electron chi connectivity index (χ2n) is 5.34. The third kappa shape index (κ3) is 4.23. The summed E-state index contributed by atoms with van der Waals surface area (Å²) in [5, 5.41) is 3.31. The normalized spacial score (nSPS) is 25.4. The second kappa shape index (κ2) is 7.07. The van der Waals surface area contributed by atoms with Gasteiger partial charge < -0.3 is 15.0 Å². The van der Waals surface area contributed by atoms with E-state index >= 15 is 0 Å². The number of likely N-dealkylation sites (tertiary alicyclic amines) is 1. The Morgan fingerprint density at radius 2 is 2.17 bits per heavy atom. The highest BCUT2D eigenvalue weighted by Crippen LogP contribution is 2.09. The molecule has 2 aliphatic heterocycles. The minimum Gasteiger partial charge on any atom is -0.374 e. The van der Waals surface area contributed by atoms with Crippen LogP contribution in [0.15, 0.2) is 0 Å². The molecule has 0 aromatic carbocycles. The molecular weight excluding hydrogens is 230 g/mol. The smallest absolute Gasteiger partial charge is 0.236 e. The fourth-order valence-corrected chi connectivity index (χ4v) is 2.62. The van der Waals surface area contributed by atoms with Crippen LogP contribution >= 0.6 is 0 Å². The van der Waals surface area contributed by atoms with Crippen molar-refractivity contribution in [1.29, 1.82) is 0 Å². The summed E-state index contributed by atoms with van der Waals surface area (Å²) >= 11 is 0. The van der Waals surface area contributed by atoms with Gasteiger partial charge in [-0.2, -0.15) is 0 Å². The Hall–Kier alpha value is -0.650. The lowest BCUT2D eigenvalue weighted by Crippen LogP contribution is -2.47. The van der Waals surface area contributed by atoms with Crippen molar-refractivity contribution in [3.8, 4) is 0 Å². The summed E-state index contributed by atoms with van der Waals surface area (Å²) < 4.78 is 5.65. The number of nitrogens with one attached hydrogen (secondary N) is 1. The Labute approximate surface area is 109 Å². The number of carbonyl (C=O) groups is 1. The van der Waals surface area contributed by atoms with Crippen LogP contribution in [0.5, 0.6) is 0 Å². The van der Waals surface area contributed by atoms with E-state index in [2.05, 4.69) is 10.2 Å². The molecule has 18 heavy (non-hydrogen) atoms. The molecule has 0 spiro atoms. The van der Waals surface area contributed by atoms with Crippen LogP contribution in [0.1, 0.15) is 19.3 Å². The lowest BCUT2D eigenvalue weighted by atomic mass is 10.1. The largest absolute Gasteiger partial charge is 0.374 e. The molecule has 0 aromatic rings. The summed E-state index contributed by atoms with van der Waals surface area (Å²) in [7, 11) is 2.00. The van der Waals surface area contributed by atoms with Crippen LogP contribution in [0, 0.1) is 0 Å². The van der Waals surface area contributed by atoms with Gasteiger partial charge in [-0.1, -0.05) is 0 Å². The first-order valence-corrected chi connectivity index (χ1v) is 7.04. The maximum atomic E-state index is 12.1. The van der Waals surface area contributed by atoms with E-state index in [9.17, 15) is 4.79 Å². The Morgan fingerprint density at radius 3 is 2.83 bits per heavy atom. The van der Waals surface area contributed by atoms with E-state index in [1.54, 1.807) is 0 Å². The molecule has 0 radical (unpaired) electrons. The Morgan fingerprint density at radius 1 is 1.39 bits per heavy atom. The fraction of sp³-hybridized carbons (Fsp3) is 0.923. The highest BCUT2D eigenvalue weighted by Gasteiger charge is 2.20. The van der Waals surface area contributed by atoms with E-state index in [0.717, 1.165) is 52.2 Å². The van der Waals surface area contributed by atoms with Gasteiger partial charge in [-0.3, -0.25) is 9.69 Å². The third-order valence-electron chi connectivity index (χ3n) is 3.63. The topological polar surface area (TPSA) is 44.8 Å². The Kier molecular flexibility index (Phi) is 5.41. The van der Waals surface area contributed by atoms with Crippen LogP contribution < -0.4 is 5.32 Å². The van der Waals surface area contributed by atoms with Gasteiger partial charge >= 0.3 is 0 Å². The summed E-state index contributed by atoms with van der Waals surface area (Å²) in [4.78, 5) is 16.2. The zero-order chi connectivity index (χ0) is 12.8. The number of hydrogen-bond acceptors (Lipinski definition) is 4. The molecule has 1 amide bonds. The van der Waals surface area contributed by atoms with E-state index in [0.29, 0.717) is 6.54 Å². The number of carbonyl (C=O) groups excluding carboxylic acids is 1. The maximum absolute atomic E-state index is 12.1. The molecule has 2 heterocycles. The molecule has 0 aliphatic carbocycles. The van der Waals surface area contributed by atoms with Crippen LogP contribution in [0.3, 0.4) is 0 Å². The first-order chi connectivity index (χ1) is 8.75. The molecule has 2 saturated heterocycles. The molecule has 0 aromatic heterocycles. The minimum atomic E-state index is 0.220. The van der Waals surface area contributed by atoms with E-state index in [-0.39, 0.29) is 12.0 Å². The SMILES string of the molecule is CN(CC(=O)N1CCCCC1)CC1CNCCO1. The Balaban J connectivity index is 1.68. The Bertz CT molecular complexity index is 261. The lowest BCUT2D eigenvalue weighted by Gasteiger charge is -2.31. The number of likely N-dealkylation sites (N-methyl/N-ethyl adjacent to an activating group) is 1. The molecule has 5 heteroatoms. The standard InChI is InChI=1S/C13H25N3O2/c1-15(10-12-9-14-5-8-18-12)11-13(17)16-6-3-2-4-7-16/h12,14H,2-11H2,1H3. The van der Waals surface area contributed by atoms with Gasteiger partial charge in [-0.25, -0.2) is 0 Å². The van der Waals surface area contributed by atoms with Crippen molar-refractivity contribution in [2.24, 2.45) is 0 Å². The van der Waals surface area contributed by atoms with Gasteiger partial charge in [0.1, 0.15) is 0 Å². The summed E-state index contributed by atoms with van der Waals surface area (Å²) in [6.07, 6.45) is 3.80. The first kappa shape index (κ1) is 13.8.